The molecule has 1 heterocycles. The number of hydrogen-bond acceptors (Lipinski definition) is 6. The van der Waals surface area contributed by atoms with E-state index in [0.717, 1.165) is 18.1 Å². The molecule has 12 heteroatoms. The molecule has 0 saturated carbocycles. The van der Waals surface area contributed by atoms with E-state index >= 15 is 0 Å². The van der Waals surface area contributed by atoms with Gasteiger partial charge in [0.05, 0.1) is 6.54 Å². The minimum Gasteiger partial charge on any atom is -0.484 e. The number of sulfone groups is 1. The minimum absolute atomic E-state index is 0.0549. The van der Waals surface area contributed by atoms with Crippen LogP contribution in [0.15, 0.2) is 24.3 Å². The molecule has 28 heavy (non-hydrogen) atoms. The van der Waals surface area contributed by atoms with Crippen LogP contribution < -0.4 is 9.64 Å². The summed E-state index contributed by atoms with van der Waals surface area (Å²) in [5.41, 5.74) is 0.281. The van der Waals surface area contributed by atoms with Crippen molar-refractivity contribution in [3.8, 4) is 5.75 Å². The standard InChI is InChI=1S/C16H18F3NO7S/c1-15(13(21)22,28(2,24)25)7-12-8-20(14(23)27-12)10-3-5-11(6-4-10)26-9-16(17,18)19/h3-6,12H,7-9H2,1-2H3,(H,21,22)/t12-,15?/m0/s1. The molecule has 1 aliphatic heterocycles. The van der Waals surface area contributed by atoms with Gasteiger partial charge in [-0.1, -0.05) is 0 Å². The average molecular weight is 425 g/mol. The molecule has 0 radical (unpaired) electrons. The van der Waals surface area contributed by atoms with Gasteiger partial charge < -0.3 is 14.6 Å². The summed E-state index contributed by atoms with van der Waals surface area (Å²) in [5, 5.41) is 9.29. The smallest absolute Gasteiger partial charge is 0.422 e. The fraction of sp³-hybridized carbons (Fsp3) is 0.500. The van der Waals surface area contributed by atoms with E-state index < -0.39 is 52.0 Å². The number of aliphatic carboxylic acids is 1. The first-order valence-electron chi connectivity index (χ1n) is 7.94. The van der Waals surface area contributed by atoms with E-state index in [1.165, 1.54) is 24.3 Å². The second-order valence-corrected chi connectivity index (χ2v) is 8.97. The van der Waals surface area contributed by atoms with Crippen molar-refractivity contribution in [2.75, 3.05) is 24.3 Å². The number of carboxylic acids is 1. The first kappa shape index (κ1) is 21.8. The van der Waals surface area contributed by atoms with Gasteiger partial charge in [-0.2, -0.15) is 13.2 Å². The number of alkyl halides is 3. The summed E-state index contributed by atoms with van der Waals surface area (Å²) >= 11 is 0. The predicted octanol–water partition coefficient (Wildman–Crippen LogP) is 2.23. The summed E-state index contributed by atoms with van der Waals surface area (Å²) in [6.07, 6.45) is -5.97. The van der Waals surface area contributed by atoms with Crippen LogP contribution in [-0.2, 0) is 19.4 Å². The van der Waals surface area contributed by atoms with Gasteiger partial charge in [0.15, 0.2) is 21.2 Å². The number of rotatable bonds is 7. The molecule has 1 aliphatic rings. The van der Waals surface area contributed by atoms with Crippen LogP contribution in [0.5, 0.6) is 5.75 Å². The molecule has 1 N–H and O–H groups in total. The summed E-state index contributed by atoms with van der Waals surface area (Å²) in [4.78, 5) is 24.6. The van der Waals surface area contributed by atoms with Gasteiger partial charge in [-0.3, -0.25) is 9.69 Å². The monoisotopic (exact) mass is 425 g/mol. The van der Waals surface area contributed by atoms with Gasteiger partial charge in [0, 0.05) is 18.4 Å². The van der Waals surface area contributed by atoms with E-state index in [4.69, 9.17) is 4.74 Å². The highest BCUT2D eigenvalue weighted by atomic mass is 32.2. The van der Waals surface area contributed by atoms with Crippen LogP contribution in [0.3, 0.4) is 0 Å². The fourth-order valence-electron chi connectivity index (χ4n) is 2.56. The average Bonchev–Trinajstić information content (AvgIpc) is 2.91. The Kier molecular flexibility index (Phi) is 5.83. The molecule has 8 nitrogen and oxygen atoms in total. The van der Waals surface area contributed by atoms with Gasteiger partial charge in [0.25, 0.3) is 0 Å². The van der Waals surface area contributed by atoms with E-state index in [1.807, 2.05) is 0 Å². The Bertz CT molecular complexity index is 854. The van der Waals surface area contributed by atoms with Crippen LogP contribution in [0.25, 0.3) is 0 Å². The van der Waals surface area contributed by atoms with Gasteiger partial charge in [-0.15, -0.1) is 0 Å². The van der Waals surface area contributed by atoms with Gasteiger partial charge in [0.1, 0.15) is 11.9 Å². The van der Waals surface area contributed by atoms with Crippen molar-refractivity contribution >= 4 is 27.6 Å². The number of cyclic esters (lactones) is 1. The van der Waals surface area contributed by atoms with Crippen LogP contribution in [0.4, 0.5) is 23.7 Å². The van der Waals surface area contributed by atoms with E-state index in [-0.39, 0.29) is 18.0 Å². The van der Waals surface area contributed by atoms with Gasteiger partial charge in [-0.05, 0) is 31.2 Å². The lowest BCUT2D eigenvalue weighted by Crippen LogP contribution is -2.46. The zero-order chi connectivity index (χ0) is 21.3. The maximum Gasteiger partial charge on any atom is 0.422 e. The third kappa shape index (κ3) is 4.86. The summed E-state index contributed by atoms with van der Waals surface area (Å²) in [6, 6.07) is 5.14. The number of carbonyl (C=O) groups is 2. The number of benzene rings is 1. The normalized spacial score (nSPS) is 19.8. The van der Waals surface area contributed by atoms with Crippen LogP contribution in [0, 0.1) is 0 Å². The number of anilines is 1. The quantitative estimate of drug-likeness (QED) is 0.713. The van der Waals surface area contributed by atoms with Crippen LogP contribution in [0.1, 0.15) is 13.3 Å². The maximum absolute atomic E-state index is 12.2. The Hall–Kier alpha value is -2.50. The van der Waals surface area contributed by atoms with Crippen molar-refractivity contribution in [3.63, 3.8) is 0 Å². The highest BCUT2D eigenvalue weighted by Gasteiger charge is 2.48. The molecular weight excluding hydrogens is 407 g/mol. The number of nitrogens with zero attached hydrogens (tertiary/aromatic N) is 1. The van der Waals surface area contributed by atoms with Crippen molar-refractivity contribution in [1.82, 2.24) is 0 Å². The predicted molar refractivity (Wildman–Crippen MR) is 91.1 cm³/mol. The Labute approximate surface area is 158 Å². The van der Waals surface area contributed by atoms with Crippen molar-refractivity contribution in [1.29, 1.82) is 0 Å². The Morgan fingerprint density at radius 1 is 1.32 bits per heavy atom. The SMILES string of the molecule is CC(C[C@H]1CN(c2ccc(OCC(F)(F)F)cc2)C(=O)O1)(C(=O)O)S(C)(=O)=O. The zero-order valence-corrected chi connectivity index (χ0v) is 15.7. The Morgan fingerprint density at radius 2 is 1.89 bits per heavy atom. The molecule has 0 bridgehead atoms. The van der Waals surface area contributed by atoms with E-state index in [0.29, 0.717) is 0 Å². The largest absolute Gasteiger partial charge is 0.484 e. The number of halogens is 3. The van der Waals surface area contributed by atoms with E-state index in [1.54, 1.807) is 0 Å². The molecule has 2 rings (SSSR count). The van der Waals surface area contributed by atoms with Crippen molar-refractivity contribution in [3.05, 3.63) is 24.3 Å². The van der Waals surface area contributed by atoms with E-state index in [9.17, 15) is 36.3 Å². The number of amides is 1. The molecule has 1 fully saturated rings. The molecular formula is C16H18F3NO7S. The molecule has 1 amide bonds. The molecule has 2 atom stereocenters. The van der Waals surface area contributed by atoms with Crippen molar-refractivity contribution < 1.29 is 45.8 Å². The lowest BCUT2D eigenvalue weighted by Gasteiger charge is -2.24. The number of ether oxygens (including phenoxy) is 2. The van der Waals surface area contributed by atoms with Crippen molar-refractivity contribution in [2.45, 2.75) is 30.4 Å². The third-order valence-corrected chi connectivity index (χ3v) is 6.29. The molecule has 0 spiro atoms. The summed E-state index contributed by atoms with van der Waals surface area (Å²) in [5.74, 6) is -1.61. The van der Waals surface area contributed by atoms with Crippen LogP contribution >= 0.6 is 0 Å². The summed E-state index contributed by atoms with van der Waals surface area (Å²) in [7, 11) is -3.99. The number of carboxylic acid groups (broad SMARTS) is 1. The number of carbonyl (C=O) groups excluding carboxylic acids is 1. The third-order valence-electron chi connectivity index (χ3n) is 4.31. The molecule has 1 aromatic carbocycles. The van der Waals surface area contributed by atoms with Crippen LogP contribution in [0.2, 0.25) is 0 Å². The molecule has 0 aliphatic carbocycles. The number of hydrogen-bond donors (Lipinski definition) is 1. The van der Waals surface area contributed by atoms with Gasteiger partial charge in [-0.25, -0.2) is 13.2 Å². The minimum atomic E-state index is -4.49. The molecule has 1 unspecified atom stereocenters. The second-order valence-electron chi connectivity index (χ2n) is 6.53. The van der Waals surface area contributed by atoms with E-state index in [2.05, 4.69) is 4.74 Å². The molecule has 1 aromatic rings. The lowest BCUT2D eigenvalue weighted by atomic mass is 10.0. The first-order chi connectivity index (χ1) is 12.7. The second kappa shape index (κ2) is 7.49. The molecule has 0 aromatic heterocycles. The zero-order valence-electron chi connectivity index (χ0n) is 14.9. The lowest BCUT2D eigenvalue weighted by molar-refractivity contribution is -0.153. The summed E-state index contributed by atoms with van der Waals surface area (Å²) in [6.45, 7) is -0.534. The van der Waals surface area contributed by atoms with Gasteiger partial charge in [0.2, 0.25) is 0 Å². The molecule has 1 saturated heterocycles. The summed E-state index contributed by atoms with van der Waals surface area (Å²) < 4.78 is 67.7. The van der Waals surface area contributed by atoms with Crippen molar-refractivity contribution in [2.24, 2.45) is 0 Å². The Morgan fingerprint density at radius 3 is 2.36 bits per heavy atom. The topological polar surface area (TPSA) is 110 Å². The Balaban J connectivity index is 2.09. The van der Waals surface area contributed by atoms with Gasteiger partial charge >= 0.3 is 18.2 Å². The first-order valence-corrected chi connectivity index (χ1v) is 9.83. The fourth-order valence-corrected chi connectivity index (χ4v) is 3.36. The van der Waals surface area contributed by atoms with Crippen LogP contribution in [-0.4, -0.2) is 62.0 Å². The highest BCUT2D eigenvalue weighted by molar-refractivity contribution is 7.92. The maximum atomic E-state index is 12.2. The molecule has 156 valence electrons. The highest BCUT2D eigenvalue weighted by Crippen LogP contribution is 2.30.